The molecule has 4 aromatic carbocycles. The second-order valence-electron chi connectivity index (χ2n) is 7.49. The first-order valence-electron chi connectivity index (χ1n) is 10.0. The Morgan fingerprint density at radius 1 is 0.552 bits per heavy atom. The molecule has 0 spiro atoms. The summed E-state index contributed by atoms with van der Waals surface area (Å²) in [7, 11) is 0. The second kappa shape index (κ2) is 7.41. The van der Waals surface area contributed by atoms with Crippen LogP contribution in [0.15, 0.2) is 109 Å². The van der Waals surface area contributed by atoms with Crippen molar-refractivity contribution in [3.8, 4) is 0 Å². The molecule has 0 nitrogen and oxygen atoms in total. The zero-order valence-electron chi connectivity index (χ0n) is 16.5. The van der Waals surface area contributed by atoms with E-state index in [0.29, 0.717) is 0 Å². The van der Waals surface area contributed by atoms with Gasteiger partial charge in [0.1, 0.15) is 0 Å². The zero-order valence-corrected chi connectivity index (χ0v) is 16.5. The molecule has 0 aromatic heterocycles. The monoisotopic (exact) mass is 370 g/mol. The van der Waals surface area contributed by atoms with E-state index in [1.54, 1.807) is 0 Å². The summed E-state index contributed by atoms with van der Waals surface area (Å²) >= 11 is 0. The second-order valence-corrected chi connectivity index (χ2v) is 7.49. The normalized spacial score (nSPS) is 12.4. The number of fused-ring (bicyclic) bond motifs is 1. The first-order chi connectivity index (χ1) is 14.3. The lowest BCUT2D eigenvalue weighted by Gasteiger charge is -2.17. The maximum absolute atomic E-state index is 2.33. The lowest BCUT2D eigenvalue weighted by molar-refractivity contribution is 1.46. The van der Waals surface area contributed by atoms with Gasteiger partial charge in [0, 0.05) is 0 Å². The van der Waals surface area contributed by atoms with Crippen LogP contribution >= 0.6 is 0 Å². The molecule has 0 aliphatic heterocycles. The number of hydrogen-bond acceptors (Lipinski definition) is 0. The fourth-order valence-electron chi connectivity index (χ4n) is 4.12. The summed E-state index contributed by atoms with van der Waals surface area (Å²) in [6.45, 7) is 2.14. The summed E-state index contributed by atoms with van der Waals surface area (Å²) in [5.74, 6) is 0. The number of allylic oxidation sites excluding steroid dienone is 2. The van der Waals surface area contributed by atoms with Gasteiger partial charge in [0.05, 0.1) is 0 Å². The van der Waals surface area contributed by atoms with Crippen molar-refractivity contribution in [2.45, 2.75) is 6.92 Å². The minimum atomic E-state index is 1.24. The molecule has 0 unspecified atom stereocenters. The van der Waals surface area contributed by atoms with Crippen molar-refractivity contribution in [3.63, 3.8) is 0 Å². The molecule has 0 N–H and O–H groups in total. The van der Waals surface area contributed by atoms with E-state index in [9.17, 15) is 0 Å². The van der Waals surface area contributed by atoms with Gasteiger partial charge < -0.3 is 0 Å². The van der Waals surface area contributed by atoms with Crippen LogP contribution in [0.2, 0.25) is 0 Å². The molecule has 0 saturated heterocycles. The predicted molar refractivity (Wildman–Crippen MR) is 124 cm³/mol. The van der Waals surface area contributed by atoms with Gasteiger partial charge in [-0.05, 0) is 57.5 Å². The van der Waals surface area contributed by atoms with Crippen molar-refractivity contribution >= 4 is 22.8 Å². The van der Waals surface area contributed by atoms with Gasteiger partial charge in [-0.2, -0.15) is 0 Å². The maximum Gasteiger partial charge on any atom is -0.00146 e. The fourth-order valence-corrected chi connectivity index (χ4v) is 4.12. The Morgan fingerprint density at radius 3 is 1.72 bits per heavy atom. The van der Waals surface area contributed by atoms with Crippen LogP contribution in [-0.4, -0.2) is 0 Å². The minimum Gasteiger partial charge on any atom is -0.0622 e. The van der Waals surface area contributed by atoms with Crippen LogP contribution in [0.25, 0.3) is 22.8 Å². The highest BCUT2D eigenvalue weighted by Crippen LogP contribution is 2.47. The van der Waals surface area contributed by atoms with E-state index in [-0.39, 0.29) is 0 Å². The lowest BCUT2D eigenvalue weighted by atomic mass is 9.86. The Hall–Kier alpha value is -3.64. The van der Waals surface area contributed by atoms with Crippen LogP contribution in [0.4, 0.5) is 0 Å². The Kier molecular flexibility index (Phi) is 4.46. The molecule has 0 atom stereocenters. The van der Waals surface area contributed by atoms with Gasteiger partial charge in [0.2, 0.25) is 0 Å². The third-order valence-electron chi connectivity index (χ3n) is 5.54. The molecule has 1 aliphatic rings. The highest BCUT2D eigenvalue weighted by molar-refractivity contribution is 6.25. The van der Waals surface area contributed by atoms with E-state index >= 15 is 0 Å². The van der Waals surface area contributed by atoms with E-state index in [1.807, 2.05) is 0 Å². The SMILES string of the molecule is Cc1ccc(C2=Cc3ccccc3C2=C(c2ccccc2)c2ccccc2)cc1. The molecule has 0 bridgehead atoms. The Labute approximate surface area is 172 Å². The summed E-state index contributed by atoms with van der Waals surface area (Å²) in [6.07, 6.45) is 2.33. The Bertz CT molecular complexity index is 1170. The summed E-state index contributed by atoms with van der Waals surface area (Å²) in [6, 6.07) is 39.1. The van der Waals surface area contributed by atoms with Gasteiger partial charge in [0.15, 0.2) is 0 Å². The van der Waals surface area contributed by atoms with Crippen molar-refractivity contribution in [2.24, 2.45) is 0 Å². The number of hydrogen-bond donors (Lipinski definition) is 0. The molecule has 0 heterocycles. The number of benzene rings is 4. The molecular weight excluding hydrogens is 348 g/mol. The molecule has 0 saturated carbocycles. The number of aryl methyl sites for hydroxylation is 1. The molecule has 0 amide bonds. The Morgan fingerprint density at radius 2 is 1.10 bits per heavy atom. The summed E-state index contributed by atoms with van der Waals surface area (Å²) in [4.78, 5) is 0. The van der Waals surface area contributed by atoms with Gasteiger partial charge in [-0.15, -0.1) is 0 Å². The zero-order chi connectivity index (χ0) is 19.6. The molecule has 0 fully saturated rings. The van der Waals surface area contributed by atoms with E-state index in [1.165, 1.54) is 50.1 Å². The van der Waals surface area contributed by atoms with Crippen LogP contribution in [-0.2, 0) is 0 Å². The van der Waals surface area contributed by atoms with E-state index < -0.39 is 0 Å². The predicted octanol–water partition coefficient (Wildman–Crippen LogP) is 7.51. The first-order valence-corrected chi connectivity index (χ1v) is 10.0. The molecule has 0 heteroatoms. The smallest absolute Gasteiger partial charge is 0.00146 e. The van der Waals surface area contributed by atoms with Gasteiger partial charge in [-0.25, -0.2) is 0 Å². The van der Waals surface area contributed by atoms with Crippen LogP contribution < -0.4 is 0 Å². The highest BCUT2D eigenvalue weighted by Gasteiger charge is 2.24. The number of rotatable bonds is 3. The van der Waals surface area contributed by atoms with Crippen molar-refractivity contribution in [1.82, 2.24) is 0 Å². The molecule has 29 heavy (non-hydrogen) atoms. The van der Waals surface area contributed by atoms with E-state index in [2.05, 4.69) is 122 Å². The maximum atomic E-state index is 2.33. The van der Waals surface area contributed by atoms with E-state index in [4.69, 9.17) is 0 Å². The molecule has 1 aliphatic carbocycles. The van der Waals surface area contributed by atoms with Crippen molar-refractivity contribution in [3.05, 3.63) is 143 Å². The molecule has 0 radical (unpaired) electrons. The van der Waals surface area contributed by atoms with Gasteiger partial charge >= 0.3 is 0 Å². The van der Waals surface area contributed by atoms with Crippen molar-refractivity contribution < 1.29 is 0 Å². The fraction of sp³-hybridized carbons (Fsp3) is 0.0345. The van der Waals surface area contributed by atoms with Crippen LogP contribution in [0.3, 0.4) is 0 Å². The molecule has 4 aromatic rings. The minimum absolute atomic E-state index is 1.24. The van der Waals surface area contributed by atoms with Crippen LogP contribution in [0.5, 0.6) is 0 Å². The van der Waals surface area contributed by atoms with Crippen LogP contribution in [0.1, 0.15) is 33.4 Å². The third kappa shape index (κ3) is 3.23. The average molecular weight is 370 g/mol. The Balaban J connectivity index is 1.85. The quantitative estimate of drug-likeness (QED) is 0.350. The molecular formula is C29H22. The van der Waals surface area contributed by atoms with Crippen molar-refractivity contribution in [1.29, 1.82) is 0 Å². The average Bonchev–Trinajstić information content (AvgIpc) is 3.15. The van der Waals surface area contributed by atoms with Crippen molar-refractivity contribution in [2.75, 3.05) is 0 Å². The topological polar surface area (TPSA) is 0 Å². The third-order valence-corrected chi connectivity index (χ3v) is 5.54. The van der Waals surface area contributed by atoms with Gasteiger partial charge in [0.25, 0.3) is 0 Å². The largest absolute Gasteiger partial charge is 0.0622 e. The van der Waals surface area contributed by atoms with Crippen LogP contribution in [0, 0.1) is 6.92 Å². The summed E-state index contributed by atoms with van der Waals surface area (Å²) in [5, 5.41) is 0. The molecule has 138 valence electrons. The highest BCUT2D eigenvalue weighted by atomic mass is 14.3. The standard InChI is InChI=1S/C29H22/c1-21-16-18-22(19-17-21)27-20-25-14-8-9-15-26(25)29(27)28(23-10-4-2-5-11-23)24-12-6-3-7-13-24/h2-20H,1H3. The first kappa shape index (κ1) is 17.5. The summed E-state index contributed by atoms with van der Waals surface area (Å²) in [5.41, 5.74) is 11.5. The lowest BCUT2D eigenvalue weighted by Crippen LogP contribution is -1.96. The van der Waals surface area contributed by atoms with Gasteiger partial charge in [-0.3, -0.25) is 0 Å². The van der Waals surface area contributed by atoms with E-state index in [0.717, 1.165) is 0 Å². The summed E-state index contributed by atoms with van der Waals surface area (Å²) < 4.78 is 0. The van der Waals surface area contributed by atoms with Gasteiger partial charge in [-0.1, -0.05) is 115 Å². The molecule has 5 rings (SSSR count).